The molecule has 1 N–H and O–H groups in total. The molecule has 0 aliphatic heterocycles. The first-order chi connectivity index (χ1) is 9.46. The second-order valence-corrected chi connectivity index (χ2v) is 4.75. The van der Waals surface area contributed by atoms with Gasteiger partial charge >= 0.3 is 11.9 Å². The van der Waals surface area contributed by atoms with Gasteiger partial charge in [-0.1, -0.05) is 24.9 Å². The fraction of sp³-hybridized carbons (Fsp3) is 0.538. The molecule has 1 atom stereocenters. The molecule has 20 heavy (non-hydrogen) atoms. The molecule has 6 nitrogen and oxygen atoms in total. The predicted octanol–water partition coefficient (Wildman–Crippen LogP) is 2.11. The van der Waals surface area contributed by atoms with Crippen LogP contribution in [0.1, 0.15) is 32.4 Å². The van der Waals surface area contributed by atoms with E-state index >= 15 is 0 Å². The number of ether oxygens (including phenoxy) is 1. The van der Waals surface area contributed by atoms with Gasteiger partial charge in [0, 0.05) is 6.42 Å². The molecule has 110 valence electrons. The molecule has 0 amide bonds. The number of hydrogen-bond donors (Lipinski definition) is 1. The smallest absolute Gasteiger partial charge is 0.323 e. The van der Waals surface area contributed by atoms with Crippen molar-refractivity contribution in [3.63, 3.8) is 0 Å². The molecule has 1 rings (SSSR count). The van der Waals surface area contributed by atoms with E-state index in [0.29, 0.717) is 12.1 Å². The summed E-state index contributed by atoms with van der Waals surface area (Å²) in [6.45, 7) is 3.58. The summed E-state index contributed by atoms with van der Waals surface area (Å²) in [5, 5.41) is 9.70. The number of carbonyl (C=O) groups excluding carboxylic acids is 1. The molecular formula is C13H17ClN2O4. The molecule has 0 spiro atoms. The molecular weight excluding hydrogens is 284 g/mol. The lowest BCUT2D eigenvalue weighted by Gasteiger charge is -2.26. The minimum absolute atomic E-state index is 0.0703. The highest BCUT2D eigenvalue weighted by Gasteiger charge is 2.47. The van der Waals surface area contributed by atoms with E-state index in [2.05, 4.69) is 9.97 Å². The van der Waals surface area contributed by atoms with E-state index in [9.17, 15) is 14.7 Å². The first kappa shape index (κ1) is 16.4. The van der Waals surface area contributed by atoms with Crippen LogP contribution < -0.4 is 0 Å². The van der Waals surface area contributed by atoms with Crippen LogP contribution >= 0.6 is 11.6 Å². The summed E-state index contributed by atoms with van der Waals surface area (Å²) < 4.78 is 4.92. The van der Waals surface area contributed by atoms with E-state index in [1.807, 2.05) is 6.92 Å². The Morgan fingerprint density at radius 1 is 1.35 bits per heavy atom. The van der Waals surface area contributed by atoms with Crippen LogP contribution in [-0.2, 0) is 20.7 Å². The zero-order valence-electron chi connectivity index (χ0n) is 11.4. The largest absolute Gasteiger partial charge is 0.480 e. The van der Waals surface area contributed by atoms with Crippen LogP contribution in [0.4, 0.5) is 0 Å². The number of halogens is 1. The minimum Gasteiger partial charge on any atom is -0.480 e. The summed E-state index contributed by atoms with van der Waals surface area (Å²) in [7, 11) is 0. The molecule has 0 bridgehead atoms. The summed E-state index contributed by atoms with van der Waals surface area (Å²) in [5.74, 6) is -1.96. The average Bonchev–Trinajstić information content (AvgIpc) is 2.40. The Labute approximate surface area is 122 Å². The van der Waals surface area contributed by atoms with Crippen molar-refractivity contribution < 1.29 is 19.4 Å². The highest BCUT2D eigenvalue weighted by Crippen LogP contribution is 2.30. The molecule has 0 fully saturated rings. The van der Waals surface area contributed by atoms with Gasteiger partial charge in [0.25, 0.3) is 0 Å². The Bertz CT molecular complexity index is 478. The van der Waals surface area contributed by atoms with Crippen molar-refractivity contribution in [1.82, 2.24) is 9.97 Å². The summed E-state index contributed by atoms with van der Waals surface area (Å²) >= 11 is 5.64. The number of hydrogen-bond acceptors (Lipinski definition) is 5. The quantitative estimate of drug-likeness (QED) is 0.613. The maximum Gasteiger partial charge on any atom is 0.323 e. The van der Waals surface area contributed by atoms with E-state index in [-0.39, 0.29) is 24.6 Å². The molecule has 1 unspecified atom stereocenters. The summed E-state index contributed by atoms with van der Waals surface area (Å²) in [4.78, 5) is 31.6. The van der Waals surface area contributed by atoms with Crippen molar-refractivity contribution in [2.24, 2.45) is 5.41 Å². The van der Waals surface area contributed by atoms with E-state index in [1.54, 1.807) is 6.92 Å². The SMILES string of the molecule is CCCC(Cc1cnc(Cl)cn1)(C(=O)O)C(=O)OCC. The monoisotopic (exact) mass is 300 g/mol. The highest BCUT2D eigenvalue weighted by molar-refractivity contribution is 6.29. The normalized spacial score (nSPS) is 13.6. The van der Waals surface area contributed by atoms with Crippen molar-refractivity contribution in [2.45, 2.75) is 33.1 Å². The third-order valence-electron chi connectivity index (χ3n) is 2.91. The standard InChI is InChI=1S/C13H17ClN2O4/c1-3-5-13(11(17)18,12(19)20-4-2)6-9-7-16-10(14)8-15-9/h7-8H,3-6H2,1-2H3,(H,17,18). The molecule has 0 aliphatic carbocycles. The van der Waals surface area contributed by atoms with Gasteiger partial charge < -0.3 is 9.84 Å². The van der Waals surface area contributed by atoms with Crippen molar-refractivity contribution in [3.05, 3.63) is 23.2 Å². The van der Waals surface area contributed by atoms with Gasteiger partial charge in [-0.3, -0.25) is 14.6 Å². The summed E-state index contributed by atoms with van der Waals surface area (Å²) in [5.41, 5.74) is -1.24. The molecule has 1 aromatic rings. The van der Waals surface area contributed by atoms with Crippen LogP contribution in [-0.4, -0.2) is 33.6 Å². The van der Waals surface area contributed by atoms with Crippen LogP contribution in [0.25, 0.3) is 0 Å². The molecule has 1 heterocycles. The minimum atomic E-state index is -1.63. The number of aliphatic carboxylic acids is 1. The summed E-state index contributed by atoms with van der Waals surface area (Å²) in [6.07, 6.45) is 3.33. The third-order valence-corrected chi connectivity index (χ3v) is 3.10. The van der Waals surface area contributed by atoms with Crippen molar-refractivity contribution in [1.29, 1.82) is 0 Å². The lowest BCUT2D eigenvalue weighted by atomic mass is 9.79. The Morgan fingerprint density at radius 2 is 2.05 bits per heavy atom. The van der Waals surface area contributed by atoms with E-state index in [0.717, 1.165) is 0 Å². The Balaban J connectivity index is 3.11. The lowest BCUT2D eigenvalue weighted by molar-refractivity contribution is -0.169. The van der Waals surface area contributed by atoms with Gasteiger partial charge in [0.15, 0.2) is 5.41 Å². The maximum absolute atomic E-state index is 12.1. The van der Waals surface area contributed by atoms with E-state index in [1.165, 1.54) is 12.4 Å². The number of carboxylic acid groups (broad SMARTS) is 1. The van der Waals surface area contributed by atoms with Gasteiger partial charge in [0.1, 0.15) is 5.15 Å². The summed E-state index contributed by atoms with van der Waals surface area (Å²) in [6, 6.07) is 0. The number of esters is 1. The first-order valence-corrected chi connectivity index (χ1v) is 6.71. The van der Waals surface area contributed by atoms with Crippen LogP contribution in [0.3, 0.4) is 0 Å². The van der Waals surface area contributed by atoms with Gasteiger partial charge in [-0.25, -0.2) is 4.98 Å². The van der Waals surface area contributed by atoms with E-state index < -0.39 is 17.4 Å². The molecule has 0 saturated carbocycles. The fourth-order valence-electron chi connectivity index (χ4n) is 1.97. The van der Waals surface area contributed by atoms with Gasteiger partial charge in [-0.15, -0.1) is 0 Å². The van der Waals surface area contributed by atoms with Crippen molar-refractivity contribution in [3.8, 4) is 0 Å². The predicted molar refractivity (Wildman–Crippen MR) is 72.4 cm³/mol. The van der Waals surface area contributed by atoms with Crippen LogP contribution in [0.5, 0.6) is 0 Å². The zero-order chi connectivity index (χ0) is 15.2. The second-order valence-electron chi connectivity index (χ2n) is 4.36. The van der Waals surface area contributed by atoms with Crippen LogP contribution in [0, 0.1) is 5.41 Å². The number of carbonyl (C=O) groups is 2. The second kappa shape index (κ2) is 7.19. The van der Waals surface area contributed by atoms with Gasteiger partial charge in [0.2, 0.25) is 0 Å². The molecule has 1 aromatic heterocycles. The van der Waals surface area contributed by atoms with Crippen molar-refractivity contribution in [2.75, 3.05) is 6.61 Å². The Kier molecular flexibility index (Phi) is 5.88. The van der Waals surface area contributed by atoms with Crippen LogP contribution in [0.2, 0.25) is 5.15 Å². The van der Waals surface area contributed by atoms with Gasteiger partial charge in [0.05, 0.1) is 24.7 Å². The van der Waals surface area contributed by atoms with Crippen LogP contribution in [0.15, 0.2) is 12.4 Å². The number of nitrogens with zero attached hydrogens (tertiary/aromatic N) is 2. The highest BCUT2D eigenvalue weighted by atomic mass is 35.5. The number of rotatable bonds is 7. The molecule has 0 aliphatic rings. The molecule has 0 radical (unpaired) electrons. The average molecular weight is 301 g/mol. The zero-order valence-corrected chi connectivity index (χ0v) is 12.2. The number of aromatic nitrogens is 2. The van der Waals surface area contributed by atoms with Gasteiger partial charge in [-0.2, -0.15) is 0 Å². The first-order valence-electron chi connectivity index (χ1n) is 6.33. The molecule has 0 aromatic carbocycles. The van der Waals surface area contributed by atoms with Crippen molar-refractivity contribution >= 4 is 23.5 Å². The Morgan fingerprint density at radius 3 is 2.50 bits per heavy atom. The molecule has 0 saturated heterocycles. The number of carboxylic acids is 1. The van der Waals surface area contributed by atoms with E-state index in [4.69, 9.17) is 16.3 Å². The topological polar surface area (TPSA) is 89.4 Å². The van der Waals surface area contributed by atoms with Gasteiger partial charge in [-0.05, 0) is 13.3 Å². The fourth-order valence-corrected chi connectivity index (χ4v) is 2.07. The third kappa shape index (κ3) is 3.66. The Hall–Kier alpha value is -1.69. The maximum atomic E-state index is 12.1. The lowest BCUT2D eigenvalue weighted by Crippen LogP contribution is -2.43. The molecule has 7 heteroatoms.